The van der Waals surface area contributed by atoms with E-state index in [1.807, 2.05) is 21.9 Å². The van der Waals surface area contributed by atoms with Crippen LogP contribution >= 0.6 is 0 Å². The number of likely N-dealkylation sites (tertiary alicyclic amines) is 2. The van der Waals surface area contributed by atoms with Gasteiger partial charge in [0.1, 0.15) is 6.61 Å². The number of amides is 3. The zero-order valence-corrected chi connectivity index (χ0v) is 16.9. The number of rotatable bonds is 3. The number of piperidine rings is 1. The van der Waals surface area contributed by atoms with Gasteiger partial charge in [-0.15, -0.1) is 0 Å². The van der Waals surface area contributed by atoms with Gasteiger partial charge in [-0.05, 0) is 17.5 Å². The summed E-state index contributed by atoms with van der Waals surface area (Å²) < 4.78 is 5.61. The van der Waals surface area contributed by atoms with Crippen molar-refractivity contribution in [3.8, 4) is 0 Å². The number of ether oxygens (including phenoxy) is 1. The van der Waals surface area contributed by atoms with Gasteiger partial charge in [0.05, 0.1) is 12.1 Å². The Morgan fingerprint density at radius 2 is 1.57 bits per heavy atom. The topological polar surface area (TPSA) is 61.9 Å². The molecule has 2 aromatic rings. The lowest BCUT2D eigenvalue weighted by Crippen LogP contribution is -2.64. The summed E-state index contributed by atoms with van der Waals surface area (Å²) in [5, 5.41) is 2.97. The predicted molar refractivity (Wildman–Crippen MR) is 113 cm³/mol. The van der Waals surface area contributed by atoms with Gasteiger partial charge in [-0.25, -0.2) is 4.79 Å². The van der Waals surface area contributed by atoms with Crippen LogP contribution in [0.15, 0.2) is 60.7 Å². The first-order chi connectivity index (χ1) is 14.7. The third kappa shape index (κ3) is 3.67. The number of hydrogen-bond acceptors (Lipinski definition) is 3. The second-order valence-electron chi connectivity index (χ2n) is 8.50. The van der Waals surface area contributed by atoms with E-state index in [9.17, 15) is 9.59 Å². The summed E-state index contributed by atoms with van der Waals surface area (Å²) in [6.07, 6.45) is 0.793. The molecular weight excluding hydrogens is 378 g/mol. The molecule has 1 unspecified atom stereocenters. The number of carbonyl (C=O) groups excluding carboxylic acids is 2. The summed E-state index contributed by atoms with van der Waals surface area (Å²) in [6.45, 7) is 2.83. The third-order valence-electron chi connectivity index (χ3n) is 6.56. The first-order valence-electron chi connectivity index (χ1n) is 10.7. The number of urea groups is 1. The smallest absolute Gasteiger partial charge is 0.320 e. The molecule has 0 spiro atoms. The van der Waals surface area contributed by atoms with Gasteiger partial charge in [-0.1, -0.05) is 60.7 Å². The number of fused-ring (bicyclic) bond motifs is 1. The molecule has 30 heavy (non-hydrogen) atoms. The molecule has 2 aromatic carbocycles. The van der Waals surface area contributed by atoms with Crippen molar-refractivity contribution in [2.24, 2.45) is 5.92 Å². The summed E-state index contributed by atoms with van der Waals surface area (Å²) >= 11 is 0. The van der Waals surface area contributed by atoms with Gasteiger partial charge in [-0.3, -0.25) is 4.79 Å². The van der Waals surface area contributed by atoms with E-state index in [4.69, 9.17) is 4.74 Å². The van der Waals surface area contributed by atoms with Crippen LogP contribution in [0.1, 0.15) is 23.5 Å². The molecule has 6 heteroatoms. The minimum atomic E-state index is -0.0950. The largest absolute Gasteiger partial charge is 0.366 e. The summed E-state index contributed by atoms with van der Waals surface area (Å²) in [7, 11) is 0. The number of benzene rings is 2. The fraction of sp³-hybridized carbons (Fsp3) is 0.417. The molecule has 2 atom stereocenters. The van der Waals surface area contributed by atoms with Crippen LogP contribution in [0, 0.1) is 5.92 Å². The van der Waals surface area contributed by atoms with Gasteiger partial charge in [0, 0.05) is 38.0 Å². The fourth-order valence-electron chi connectivity index (χ4n) is 5.01. The lowest BCUT2D eigenvalue weighted by atomic mass is 9.77. The monoisotopic (exact) mass is 405 g/mol. The minimum Gasteiger partial charge on any atom is -0.366 e. The second-order valence-corrected chi connectivity index (χ2v) is 8.50. The maximum absolute atomic E-state index is 13.1. The summed E-state index contributed by atoms with van der Waals surface area (Å²) in [5.74, 6) is 0.588. The molecule has 6 nitrogen and oxygen atoms in total. The number of hydrogen-bond donors (Lipinski definition) is 1. The SMILES string of the molecule is O=C1COC2CCN(C(=O)N3CC(C(c4ccccc4)c4ccccc4)C3)C[C@H]2N1. The van der Waals surface area contributed by atoms with Crippen molar-refractivity contribution in [3.63, 3.8) is 0 Å². The molecule has 156 valence electrons. The van der Waals surface area contributed by atoms with E-state index in [1.54, 1.807) is 0 Å². The minimum absolute atomic E-state index is 0.0245. The zero-order chi connectivity index (χ0) is 20.5. The average molecular weight is 405 g/mol. The van der Waals surface area contributed by atoms with Gasteiger partial charge in [0.15, 0.2) is 0 Å². The maximum atomic E-state index is 13.1. The lowest BCUT2D eigenvalue weighted by Gasteiger charge is -2.48. The van der Waals surface area contributed by atoms with Crippen LogP contribution in [-0.2, 0) is 9.53 Å². The lowest BCUT2D eigenvalue weighted by molar-refractivity contribution is -0.139. The van der Waals surface area contributed by atoms with E-state index >= 15 is 0 Å². The molecule has 3 heterocycles. The molecule has 3 saturated heterocycles. The van der Waals surface area contributed by atoms with Crippen molar-refractivity contribution >= 4 is 11.9 Å². The summed E-state index contributed by atoms with van der Waals surface area (Å²) in [6, 6.07) is 21.1. The molecule has 3 fully saturated rings. The van der Waals surface area contributed by atoms with E-state index in [2.05, 4.69) is 53.8 Å². The Morgan fingerprint density at radius 3 is 2.20 bits per heavy atom. The van der Waals surface area contributed by atoms with Crippen molar-refractivity contribution in [2.75, 3.05) is 32.8 Å². The van der Waals surface area contributed by atoms with Crippen molar-refractivity contribution in [1.82, 2.24) is 15.1 Å². The van der Waals surface area contributed by atoms with Gasteiger partial charge < -0.3 is 19.9 Å². The maximum Gasteiger partial charge on any atom is 0.320 e. The molecule has 5 rings (SSSR count). The fourth-order valence-corrected chi connectivity index (χ4v) is 5.01. The van der Waals surface area contributed by atoms with E-state index in [1.165, 1.54) is 11.1 Å². The Kier molecular flexibility index (Phi) is 5.17. The zero-order valence-electron chi connectivity index (χ0n) is 16.9. The number of nitrogens with zero attached hydrogens (tertiary/aromatic N) is 2. The van der Waals surface area contributed by atoms with E-state index < -0.39 is 0 Å². The first kappa shape index (κ1) is 19.1. The Balaban J connectivity index is 1.25. The van der Waals surface area contributed by atoms with Crippen LogP contribution in [0.25, 0.3) is 0 Å². The summed E-state index contributed by atoms with van der Waals surface area (Å²) in [4.78, 5) is 28.5. The Bertz CT molecular complexity index is 859. The normalized spacial score (nSPS) is 24.2. The molecule has 0 bridgehead atoms. The van der Waals surface area contributed by atoms with E-state index in [0.717, 1.165) is 19.5 Å². The molecule has 3 aliphatic rings. The van der Waals surface area contributed by atoms with Gasteiger partial charge in [0.2, 0.25) is 5.91 Å². The highest BCUT2D eigenvalue weighted by molar-refractivity contribution is 5.79. The van der Waals surface area contributed by atoms with Crippen LogP contribution in [0.4, 0.5) is 4.79 Å². The second kappa shape index (κ2) is 8.11. The van der Waals surface area contributed by atoms with Crippen LogP contribution in [0.2, 0.25) is 0 Å². The molecule has 0 saturated carbocycles. The summed E-state index contributed by atoms with van der Waals surface area (Å²) in [5.41, 5.74) is 2.59. The highest BCUT2D eigenvalue weighted by atomic mass is 16.5. The Morgan fingerprint density at radius 1 is 0.933 bits per heavy atom. The van der Waals surface area contributed by atoms with Gasteiger partial charge in [-0.2, -0.15) is 0 Å². The van der Waals surface area contributed by atoms with Crippen LogP contribution < -0.4 is 5.32 Å². The van der Waals surface area contributed by atoms with Crippen LogP contribution in [-0.4, -0.2) is 66.7 Å². The van der Waals surface area contributed by atoms with Gasteiger partial charge >= 0.3 is 6.03 Å². The third-order valence-corrected chi connectivity index (χ3v) is 6.56. The highest BCUT2D eigenvalue weighted by Gasteiger charge is 2.42. The number of nitrogens with one attached hydrogen (secondary N) is 1. The van der Waals surface area contributed by atoms with Crippen LogP contribution in [0.3, 0.4) is 0 Å². The molecular formula is C24H27N3O3. The van der Waals surface area contributed by atoms with E-state index in [0.29, 0.717) is 19.0 Å². The molecule has 0 radical (unpaired) electrons. The molecule has 0 aromatic heterocycles. The Hall–Kier alpha value is -2.86. The van der Waals surface area contributed by atoms with Crippen molar-refractivity contribution in [3.05, 3.63) is 71.8 Å². The number of morpholine rings is 1. The first-order valence-corrected chi connectivity index (χ1v) is 10.7. The molecule has 3 aliphatic heterocycles. The van der Waals surface area contributed by atoms with Crippen LogP contribution in [0.5, 0.6) is 0 Å². The predicted octanol–water partition coefficient (Wildman–Crippen LogP) is 2.46. The van der Waals surface area contributed by atoms with Crippen molar-refractivity contribution in [1.29, 1.82) is 0 Å². The highest BCUT2D eigenvalue weighted by Crippen LogP contribution is 2.38. The Labute approximate surface area is 176 Å². The average Bonchev–Trinajstić information content (AvgIpc) is 2.76. The standard InChI is InChI=1S/C24H27N3O3/c28-22-16-30-21-11-12-26(15-20(21)25-22)24(29)27-13-19(14-27)23(17-7-3-1-4-8-17)18-9-5-2-6-10-18/h1-10,19-21,23H,11-16H2,(H,25,28)/t20-,21?/m1/s1. The quantitative estimate of drug-likeness (QED) is 0.853. The number of carbonyl (C=O) groups is 2. The van der Waals surface area contributed by atoms with Gasteiger partial charge in [0.25, 0.3) is 0 Å². The molecule has 1 N–H and O–H groups in total. The van der Waals surface area contributed by atoms with Crippen molar-refractivity contribution in [2.45, 2.75) is 24.5 Å². The molecule has 3 amide bonds. The molecule has 0 aliphatic carbocycles. The van der Waals surface area contributed by atoms with Crippen molar-refractivity contribution < 1.29 is 14.3 Å². The van der Waals surface area contributed by atoms with E-state index in [-0.39, 0.29) is 36.6 Å².